The second-order valence-electron chi connectivity index (χ2n) is 7.48. The van der Waals surface area contributed by atoms with Crippen molar-refractivity contribution < 1.29 is 9.59 Å². The molecule has 136 valence electrons. The quantitative estimate of drug-likeness (QED) is 0.835. The molecule has 1 aliphatic carbocycles. The number of carbonyl (C=O) groups excluding carboxylic acids is 2. The number of nitrogens with one attached hydrogen (secondary N) is 2. The molecule has 2 amide bonds. The van der Waals surface area contributed by atoms with Crippen LogP contribution in [-0.2, 0) is 4.79 Å². The molecule has 1 heterocycles. The van der Waals surface area contributed by atoms with Gasteiger partial charge < -0.3 is 15.5 Å². The average molecular weight is 343 g/mol. The molecule has 2 atom stereocenters. The molecule has 1 aromatic rings. The van der Waals surface area contributed by atoms with E-state index in [1.165, 1.54) is 0 Å². The molecular weight excluding hydrogens is 314 g/mol. The normalized spacial score (nSPS) is 23.9. The Balaban J connectivity index is 1.48. The standard InChI is InChI=1S/C20H29N3O2/c1-3-23-9-7-15(8-10-23)13-21-19(24)16-5-4-6-17(12-16)22-20(25)18-11-14(18)2/h4-6,12,14-15,18H,3,7-11,13H2,1-2H3,(H,21,24)(H,22,25)/t14-,18-/m0/s1. The maximum atomic E-state index is 12.4. The summed E-state index contributed by atoms with van der Waals surface area (Å²) in [5.74, 6) is 1.17. The Morgan fingerprint density at radius 3 is 2.60 bits per heavy atom. The van der Waals surface area contributed by atoms with Crippen molar-refractivity contribution in [1.82, 2.24) is 10.2 Å². The zero-order chi connectivity index (χ0) is 17.8. The first-order valence-corrected chi connectivity index (χ1v) is 9.48. The van der Waals surface area contributed by atoms with E-state index in [0.29, 0.717) is 23.1 Å². The maximum Gasteiger partial charge on any atom is 0.251 e. The predicted octanol–water partition coefficient (Wildman–Crippen LogP) is 2.74. The van der Waals surface area contributed by atoms with Crippen LogP contribution in [0.25, 0.3) is 0 Å². The number of benzene rings is 1. The number of rotatable bonds is 6. The van der Waals surface area contributed by atoms with E-state index in [-0.39, 0.29) is 17.7 Å². The van der Waals surface area contributed by atoms with Crippen LogP contribution in [0.3, 0.4) is 0 Å². The zero-order valence-electron chi connectivity index (χ0n) is 15.3. The van der Waals surface area contributed by atoms with Crippen LogP contribution < -0.4 is 10.6 Å². The summed E-state index contributed by atoms with van der Waals surface area (Å²) in [7, 11) is 0. The highest BCUT2D eigenvalue weighted by Crippen LogP contribution is 2.38. The molecule has 2 aliphatic rings. The smallest absolute Gasteiger partial charge is 0.251 e. The van der Waals surface area contributed by atoms with Crippen LogP contribution >= 0.6 is 0 Å². The van der Waals surface area contributed by atoms with Gasteiger partial charge in [-0.05, 0) is 68.9 Å². The fourth-order valence-electron chi connectivity index (χ4n) is 3.51. The Kier molecular flexibility index (Phi) is 5.74. The minimum absolute atomic E-state index is 0.0613. The lowest BCUT2D eigenvalue weighted by atomic mass is 9.96. The van der Waals surface area contributed by atoms with Gasteiger partial charge in [0, 0.05) is 23.7 Å². The lowest BCUT2D eigenvalue weighted by molar-refractivity contribution is -0.117. The number of hydrogen-bond donors (Lipinski definition) is 2. The van der Waals surface area contributed by atoms with Gasteiger partial charge in [-0.25, -0.2) is 0 Å². The van der Waals surface area contributed by atoms with Crippen molar-refractivity contribution in [2.75, 3.05) is 31.5 Å². The number of nitrogens with zero attached hydrogens (tertiary/aromatic N) is 1. The molecule has 1 aromatic carbocycles. The third-order valence-corrected chi connectivity index (χ3v) is 5.54. The third-order valence-electron chi connectivity index (χ3n) is 5.54. The molecule has 0 aromatic heterocycles. The van der Waals surface area contributed by atoms with Crippen LogP contribution in [-0.4, -0.2) is 42.9 Å². The second kappa shape index (κ2) is 8.00. The highest BCUT2D eigenvalue weighted by molar-refractivity contribution is 5.98. The molecule has 2 fully saturated rings. The van der Waals surface area contributed by atoms with Crippen LogP contribution in [0.1, 0.15) is 43.5 Å². The summed E-state index contributed by atoms with van der Waals surface area (Å²) < 4.78 is 0. The van der Waals surface area contributed by atoms with Crippen molar-refractivity contribution in [3.8, 4) is 0 Å². The molecule has 0 bridgehead atoms. The van der Waals surface area contributed by atoms with E-state index < -0.39 is 0 Å². The first-order chi connectivity index (χ1) is 12.1. The van der Waals surface area contributed by atoms with Crippen LogP contribution in [0, 0.1) is 17.8 Å². The van der Waals surface area contributed by atoms with E-state index in [2.05, 4.69) is 29.4 Å². The van der Waals surface area contributed by atoms with Gasteiger partial charge in [-0.1, -0.05) is 19.9 Å². The van der Waals surface area contributed by atoms with E-state index in [1.807, 2.05) is 12.1 Å². The predicted molar refractivity (Wildman–Crippen MR) is 99.5 cm³/mol. The molecule has 1 aliphatic heterocycles. The fourth-order valence-corrected chi connectivity index (χ4v) is 3.51. The van der Waals surface area contributed by atoms with Crippen molar-refractivity contribution in [2.24, 2.45) is 17.8 Å². The topological polar surface area (TPSA) is 61.4 Å². The number of carbonyl (C=O) groups is 2. The van der Waals surface area contributed by atoms with E-state index in [9.17, 15) is 9.59 Å². The Labute approximate surface area is 150 Å². The van der Waals surface area contributed by atoms with E-state index in [4.69, 9.17) is 0 Å². The first kappa shape index (κ1) is 17.9. The second-order valence-corrected chi connectivity index (χ2v) is 7.48. The molecular formula is C20H29N3O2. The largest absolute Gasteiger partial charge is 0.352 e. The zero-order valence-corrected chi connectivity index (χ0v) is 15.3. The Hall–Kier alpha value is -1.88. The minimum Gasteiger partial charge on any atom is -0.352 e. The van der Waals surface area contributed by atoms with Gasteiger partial charge in [0.15, 0.2) is 0 Å². The molecule has 1 saturated heterocycles. The van der Waals surface area contributed by atoms with E-state index in [0.717, 1.165) is 45.4 Å². The summed E-state index contributed by atoms with van der Waals surface area (Å²) in [5.41, 5.74) is 1.31. The lowest BCUT2D eigenvalue weighted by Gasteiger charge is -2.31. The minimum atomic E-state index is -0.0613. The third kappa shape index (κ3) is 4.82. The van der Waals surface area contributed by atoms with Crippen LogP contribution in [0.2, 0.25) is 0 Å². The summed E-state index contributed by atoms with van der Waals surface area (Å²) in [5, 5.41) is 5.98. The van der Waals surface area contributed by atoms with Gasteiger partial charge in [-0.15, -0.1) is 0 Å². The Morgan fingerprint density at radius 2 is 1.96 bits per heavy atom. The number of anilines is 1. The summed E-state index contributed by atoms with van der Waals surface area (Å²) in [6, 6.07) is 7.22. The highest BCUT2D eigenvalue weighted by atomic mass is 16.2. The van der Waals surface area contributed by atoms with Gasteiger partial charge >= 0.3 is 0 Å². The number of amides is 2. The Morgan fingerprint density at radius 1 is 1.24 bits per heavy atom. The van der Waals surface area contributed by atoms with Crippen LogP contribution in [0.15, 0.2) is 24.3 Å². The van der Waals surface area contributed by atoms with Gasteiger partial charge in [0.1, 0.15) is 0 Å². The van der Waals surface area contributed by atoms with Crippen molar-refractivity contribution >= 4 is 17.5 Å². The molecule has 25 heavy (non-hydrogen) atoms. The van der Waals surface area contributed by atoms with Gasteiger partial charge in [-0.2, -0.15) is 0 Å². The number of piperidine rings is 1. The molecule has 5 nitrogen and oxygen atoms in total. The van der Waals surface area contributed by atoms with Crippen molar-refractivity contribution in [1.29, 1.82) is 0 Å². The molecule has 0 unspecified atom stereocenters. The van der Waals surface area contributed by atoms with Crippen LogP contribution in [0.5, 0.6) is 0 Å². The van der Waals surface area contributed by atoms with Crippen LogP contribution in [0.4, 0.5) is 5.69 Å². The fraction of sp³-hybridized carbons (Fsp3) is 0.600. The summed E-state index contributed by atoms with van der Waals surface area (Å²) in [6.45, 7) is 8.36. The lowest BCUT2D eigenvalue weighted by Crippen LogP contribution is -2.38. The monoisotopic (exact) mass is 343 g/mol. The average Bonchev–Trinajstić information content (AvgIpc) is 3.37. The van der Waals surface area contributed by atoms with Gasteiger partial charge in [-0.3, -0.25) is 9.59 Å². The highest BCUT2D eigenvalue weighted by Gasteiger charge is 2.39. The van der Waals surface area contributed by atoms with Gasteiger partial charge in [0.05, 0.1) is 0 Å². The van der Waals surface area contributed by atoms with Crippen molar-refractivity contribution in [3.63, 3.8) is 0 Å². The SMILES string of the molecule is CCN1CCC(CNC(=O)c2cccc(NC(=O)[C@H]3C[C@@H]3C)c2)CC1. The van der Waals surface area contributed by atoms with E-state index in [1.54, 1.807) is 12.1 Å². The van der Waals surface area contributed by atoms with Crippen molar-refractivity contribution in [2.45, 2.75) is 33.1 Å². The summed E-state index contributed by atoms with van der Waals surface area (Å²) in [6.07, 6.45) is 3.25. The Bertz CT molecular complexity index is 623. The maximum absolute atomic E-state index is 12.4. The van der Waals surface area contributed by atoms with Crippen molar-refractivity contribution in [3.05, 3.63) is 29.8 Å². The van der Waals surface area contributed by atoms with Gasteiger partial charge in [0.25, 0.3) is 5.91 Å². The molecule has 5 heteroatoms. The first-order valence-electron chi connectivity index (χ1n) is 9.48. The number of likely N-dealkylation sites (tertiary alicyclic amines) is 1. The summed E-state index contributed by atoms with van der Waals surface area (Å²) in [4.78, 5) is 26.9. The molecule has 1 saturated carbocycles. The molecule has 2 N–H and O–H groups in total. The molecule has 0 spiro atoms. The van der Waals surface area contributed by atoms with Gasteiger partial charge in [0.2, 0.25) is 5.91 Å². The van der Waals surface area contributed by atoms with E-state index >= 15 is 0 Å². The summed E-state index contributed by atoms with van der Waals surface area (Å²) >= 11 is 0. The number of hydrogen-bond acceptors (Lipinski definition) is 3. The molecule has 0 radical (unpaired) electrons. The molecule has 3 rings (SSSR count).